The quantitative estimate of drug-likeness (QED) is 0.0977. The van der Waals surface area contributed by atoms with Crippen LogP contribution in [0.1, 0.15) is 112 Å². The molecule has 8 heteroatoms. The second kappa shape index (κ2) is 17.5. The van der Waals surface area contributed by atoms with Crippen LogP contribution in [0.5, 0.6) is 0 Å². The molecule has 0 saturated carbocycles. The highest BCUT2D eigenvalue weighted by Crippen LogP contribution is 2.42. The molecule has 182 valence electrons. The van der Waals surface area contributed by atoms with Crippen LogP contribution >= 0.6 is 63.7 Å². The lowest BCUT2D eigenvalue weighted by molar-refractivity contribution is 0.0479. The molecule has 4 nitrogen and oxygen atoms in total. The van der Waals surface area contributed by atoms with Crippen LogP contribution < -0.4 is 0 Å². The molecule has 0 spiro atoms. The normalized spacial score (nSPS) is 10.9. The summed E-state index contributed by atoms with van der Waals surface area (Å²) in [6.45, 7) is 5.13. The maximum atomic E-state index is 12.7. The number of rotatable bonds is 16. The minimum absolute atomic E-state index is 0.335. The van der Waals surface area contributed by atoms with Gasteiger partial charge in [-0.25, -0.2) is 9.59 Å². The van der Waals surface area contributed by atoms with Crippen molar-refractivity contribution in [2.24, 2.45) is 0 Å². The summed E-state index contributed by atoms with van der Waals surface area (Å²) < 4.78 is 12.8. The van der Waals surface area contributed by atoms with E-state index in [-0.39, 0.29) is 0 Å². The smallest absolute Gasteiger partial charge is 0.340 e. The van der Waals surface area contributed by atoms with Crippen molar-refractivity contribution < 1.29 is 19.1 Å². The Morgan fingerprint density at radius 3 is 1.12 bits per heavy atom. The fraction of sp³-hybridized carbons (Fsp3) is 0.667. The van der Waals surface area contributed by atoms with Crippen molar-refractivity contribution in [2.45, 2.75) is 90.9 Å². The van der Waals surface area contributed by atoms with Crippen LogP contribution in [-0.4, -0.2) is 25.2 Å². The van der Waals surface area contributed by atoms with E-state index in [0.717, 1.165) is 38.5 Å². The Bertz CT molecular complexity index is 647. The third-order valence-corrected chi connectivity index (χ3v) is 9.37. The number of unbranched alkanes of at least 4 members (excludes halogenated alkanes) is 10. The van der Waals surface area contributed by atoms with E-state index in [1.54, 1.807) is 0 Å². The Hall–Kier alpha value is 0.0800. The fourth-order valence-corrected chi connectivity index (χ4v) is 5.99. The molecular formula is C24H34Br4O4. The maximum absolute atomic E-state index is 12.7. The Balaban J connectivity index is 2.68. The first-order valence-corrected chi connectivity index (χ1v) is 14.7. The van der Waals surface area contributed by atoms with Crippen molar-refractivity contribution >= 4 is 75.7 Å². The van der Waals surface area contributed by atoms with Crippen molar-refractivity contribution in [3.8, 4) is 0 Å². The first-order valence-electron chi connectivity index (χ1n) is 11.6. The molecule has 0 unspecified atom stereocenters. The van der Waals surface area contributed by atoms with Crippen LogP contribution in [0, 0.1) is 0 Å². The van der Waals surface area contributed by atoms with E-state index in [2.05, 4.69) is 77.6 Å². The molecule has 0 bridgehead atoms. The molecule has 0 fully saturated rings. The average molecular weight is 706 g/mol. The first-order chi connectivity index (χ1) is 15.4. The zero-order valence-electron chi connectivity index (χ0n) is 19.0. The molecule has 1 aromatic carbocycles. The van der Waals surface area contributed by atoms with Gasteiger partial charge in [-0.15, -0.1) is 0 Å². The standard InChI is InChI=1S/C24H34Br4O4/c1-3-5-7-9-11-13-15-31-23(29)17-19(25)21(27)18(22(28)20(17)26)24(30)32-16-14-12-10-8-6-4-2/h3-16H2,1-2H3. The summed E-state index contributed by atoms with van der Waals surface area (Å²) in [7, 11) is 0. The lowest BCUT2D eigenvalue weighted by Gasteiger charge is -2.15. The van der Waals surface area contributed by atoms with Crippen molar-refractivity contribution in [3.63, 3.8) is 0 Å². The van der Waals surface area contributed by atoms with Gasteiger partial charge in [-0.3, -0.25) is 0 Å². The van der Waals surface area contributed by atoms with Gasteiger partial charge < -0.3 is 9.47 Å². The van der Waals surface area contributed by atoms with E-state index in [0.29, 0.717) is 42.2 Å². The highest BCUT2D eigenvalue weighted by atomic mass is 79.9. The van der Waals surface area contributed by atoms with Gasteiger partial charge in [0.05, 0.1) is 24.3 Å². The van der Waals surface area contributed by atoms with Gasteiger partial charge >= 0.3 is 11.9 Å². The molecule has 0 saturated heterocycles. The topological polar surface area (TPSA) is 52.6 Å². The number of esters is 2. The van der Waals surface area contributed by atoms with Gasteiger partial charge in [-0.05, 0) is 76.6 Å². The maximum Gasteiger partial charge on any atom is 0.340 e. The Labute approximate surface area is 226 Å². The number of hydrogen-bond acceptors (Lipinski definition) is 4. The van der Waals surface area contributed by atoms with Crippen LogP contribution in [0.2, 0.25) is 0 Å². The lowest BCUT2D eigenvalue weighted by atomic mass is 10.1. The number of ether oxygens (including phenoxy) is 2. The average Bonchev–Trinajstić information content (AvgIpc) is 2.77. The summed E-state index contributed by atoms with van der Waals surface area (Å²) in [6, 6.07) is 0. The highest BCUT2D eigenvalue weighted by Gasteiger charge is 2.28. The van der Waals surface area contributed by atoms with Gasteiger partial charge in [0.25, 0.3) is 0 Å². The summed E-state index contributed by atoms with van der Waals surface area (Å²) in [6.07, 6.45) is 13.5. The number of halogens is 4. The zero-order chi connectivity index (χ0) is 23.9. The fourth-order valence-electron chi connectivity index (χ4n) is 3.23. The third-order valence-electron chi connectivity index (χ3n) is 5.13. The number of hydrogen-bond donors (Lipinski definition) is 0. The molecule has 1 aromatic rings. The van der Waals surface area contributed by atoms with E-state index in [1.165, 1.54) is 38.5 Å². The van der Waals surface area contributed by atoms with Crippen LogP contribution in [0.25, 0.3) is 0 Å². The van der Waals surface area contributed by atoms with Crippen LogP contribution in [0.4, 0.5) is 0 Å². The van der Waals surface area contributed by atoms with E-state index in [9.17, 15) is 9.59 Å². The Morgan fingerprint density at radius 2 is 0.812 bits per heavy atom. The van der Waals surface area contributed by atoms with Crippen molar-refractivity contribution in [1.82, 2.24) is 0 Å². The molecule has 0 radical (unpaired) electrons. The number of carbonyl (C=O) groups is 2. The van der Waals surface area contributed by atoms with Gasteiger partial charge in [-0.2, -0.15) is 0 Å². The molecule has 0 N–H and O–H groups in total. The van der Waals surface area contributed by atoms with Crippen LogP contribution in [-0.2, 0) is 9.47 Å². The van der Waals surface area contributed by atoms with Crippen molar-refractivity contribution in [1.29, 1.82) is 0 Å². The third kappa shape index (κ3) is 10.1. The van der Waals surface area contributed by atoms with E-state index in [1.807, 2.05) is 0 Å². The summed E-state index contributed by atoms with van der Waals surface area (Å²) in [4.78, 5) is 25.4. The van der Waals surface area contributed by atoms with E-state index < -0.39 is 11.9 Å². The summed E-state index contributed by atoms with van der Waals surface area (Å²) in [5.74, 6) is -0.878. The second-order valence-electron chi connectivity index (χ2n) is 7.81. The molecule has 0 aliphatic rings. The Kier molecular flexibility index (Phi) is 16.5. The molecule has 1 rings (SSSR count). The predicted molar refractivity (Wildman–Crippen MR) is 145 cm³/mol. The van der Waals surface area contributed by atoms with Gasteiger partial charge in [0.1, 0.15) is 0 Å². The monoisotopic (exact) mass is 702 g/mol. The van der Waals surface area contributed by atoms with Crippen molar-refractivity contribution in [3.05, 3.63) is 29.0 Å². The predicted octanol–water partition coefficient (Wildman–Crippen LogP) is 9.77. The molecular weight excluding hydrogens is 672 g/mol. The zero-order valence-corrected chi connectivity index (χ0v) is 25.4. The molecule has 0 heterocycles. The van der Waals surface area contributed by atoms with E-state index in [4.69, 9.17) is 9.47 Å². The lowest BCUT2D eigenvalue weighted by Crippen LogP contribution is -2.13. The minimum atomic E-state index is -0.439. The SMILES string of the molecule is CCCCCCCCOC(=O)c1c(Br)c(Br)c(C(=O)OCCCCCCCC)c(Br)c1Br. The number of benzene rings is 1. The second-order valence-corrected chi connectivity index (χ2v) is 11.0. The van der Waals surface area contributed by atoms with Gasteiger partial charge in [0.15, 0.2) is 0 Å². The molecule has 0 aliphatic heterocycles. The van der Waals surface area contributed by atoms with Gasteiger partial charge in [-0.1, -0.05) is 78.1 Å². The molecule has 0 aliphatic carbocycles. The van der Waals surface area contributed by atoms with Crippen LogP contribution in [0.15, 0.2) is 17.9 Å². The molecule has 0 atom stereocenters. The highest BCUT2D eigenvalue weighted by molar-refractivity contribution is 9.14. The molecule has 0 amide bonds. The summed E-state index contributed by atoms with van der Waals surface area (Å²) in [5, 5.41) is 0. The van der Waals surface area contributed by atoms with Gasteiger partial charge in [0.2, 0.25) is 0 Å². The molecule has 32 heavy (non-hydrogen) atoms. The largest absolute Gasteiger partial charge is 0.462 e. The van der Waals surface area contributed by atoms with Gasteiger partial charge in [0, 0.05) is 17.9 Å². The van der Waals surface area contributed by atoms with E-state index >= 15 is 0 Å². The Morgan fingerprint density at radius 1 is 0.531 bits per heavy atom. The van der Waals surface area contributed by atoms with Crippen LogP contribution in [0.3, 0.4) is 0 Å². The summed E-state index contributed by atoms with van der Waals surface area (Å²) >= 11 is 13.8. The minimum Gasteiger partial charge on any atom is -0.462 e. The molecule has 0 aromatic heterocycles. The summed E-state index contributed by atoms with van der Waals surface area (Å²) in [5.41, 5.74) is 0.671. The number of carbonyl (C=O) groups excluding carboxylic acids is 2. The first kappa shape index (κ1) is 30.1. The van der Waals surface area contributed by atoms with Crippen molar-refractivity contribution in [2.75, 3.05) is 13.2 Å².